The lowest BCUT2D eigenvalue weighted by molar-refractivity contribution is -0.147. The lowest BCUT2D eigenvalue weighted by atomic mass is 9.99. The molecule has 50 heavy (non-hydrogen) atoms. The van der Waals surface area contributed by atoms with Crippen molar-refractivity contribution in [3.63, 3.8) is 0 Å². The molecule has 0 saturated heterocycles. The van der Waals surface area contributed by atoms with Gasteiger partial charge in [-0.05, 0) is 36.7 Å². The van der Waals surface area contributed by atoms with Crippen LogP contribution in [-0.4, -0.2) is 101 Å². The highest BCUT2D eigenvalue weighted by atomic mass is 16.4. The van der Waals surface area contributed by atoms with E-state index in [1.165, 1.54) is 0 Å². The first-order valence-electron chi connectivity index (χ1n) is 16.2. The second-order valence-electron chi connectivity index (χ2n) is 12.5. The number of benzene rings is 1. The molecule has 0 aliphatic carbocycles. The van der Waals surface area contributed by atoms with Gasteiger partial charge in [0.25, 0.3) is 0 Å². The maximum Gasteiger partial charge on any atom is 0.326 e. The van der Waals surface area contributed by atoms with Crippen LogP contribution >= 0.6 is 0 Å². The van der Waals surface area contributed by atoms with E-state index in [0.29, 0.717) is 18.5 Å². The number of carboxylic acids is 2. The number of aliphatic carboxylic acids is 2. The fourth-order valence-corrected chi connectivity index (χ4v) is 4.68. The first kappa shape index (κ1) is 42.8. The summed E-state index contributed by atoms with van der Waals surface area (Å²) in [6.45, 7) is 6.76. The van der Waals surface area contributed by atoms with E-state index in [1.54, 1.807) is 44.2 Å². The molecule has 0 heterocycles. The normalized spacial score (nSPS) is 13.9. The molecule has 1 aromatic rings. The third kappa shape index (κ3) is 16.7. The Balaban J connectivity index is 2.95. The van der Waals surface area contributed by atoms with Crippen LogP contribution in [0, 0.1) is 17.2 Å². The Bertz CT molecular complexity index is 1340. The van der Waals surface area contributed by atoms with Gasteiger partial charge in [-0.1, -0.05) is 58.0 Å². The number of carbonyl (C=O) groups is 7. The summed E-state index contributed by atoms with van der Waals surface area (Å²) in [6, 6.07) is 2.32. The highest BCUT2D eigenvalue weighted by molar-refractivity contribution is 5.95. The second-order valence-corrected chi connectivity index (χ2v) is 12.5. The summed E-state index contributed by atoms with van der Waals surface area (Å²) in [5.74, 6) is -7.38. The summed E-state index contributed by atoms with van der Waals surface area (Å²) in [5, 5.41) is 40.5. The second kappa shape index (κ2) is 21.7. The zero-order valence-corrected chi connectivity index (χ0v) is 28.8. The van der Waals surface area contributed by atoms with Gasteiger partial charge in [0.15, 0.2) is 5.96 Å². The van der Waals surface area contributed by atoms with Gasteiger partial charge in [-0.15, -0.1) is 0 Å². The maximum atomic E-state index is 13.3. The van der Waals surface area contributed by atoms with Crippen LogP contribution < -0.4 is 43.4 Å². The minimum Gasteiger partial charge on any atom is -0.481 e. The van der Waals surface area contributed by atoms with Gasteiger partial charge in [-0.3, -0.25) is 34.2 Å². The molecule has 278 valence electrons. The Hall–Kier alpha value is -5.26. The molecule has 13 N–H and O–H groups in total. The van der Waals surface area contributed by atoms with Gasteiger partial charge in [0, 0.05) is 13.0 Å². The molecule has 18 nitrogen and oxygen atoms in total. The van der Waals surface area contributed by atoms with Crippen LogP contribution in [0.4, 0.5) is 0 Å². The molecule has 18 heteroatoms. The maximum absolute atomic E-state index is 13.3. The van der Waals surface area contributed by atoms with Crippen molar-refractivity contribution in [2.24, 2.45) is 23.3 Å². The number of carbonyl (C=O) groups excluding carboxylic acids is 5. The largest absolute Gasteiger partial charge is 0.481 e. The molecule has 0 aliphatic rings. The summed E-state index contributed by atoms with van der Waals surface area (Å²) in [7, 11) is 0. The standard InChI is InChI=1S/C32H51N9O9/c1-17(2)13-21(39-27(45)20(33)11-8-12-36-32(34)35)29(47)41-26(18(3)4)30(48)37-16-24(42)38-22(14-19-9-6-5-7-10-19)28(46)40-23(31(49)50)15-25(43)44/h5-7,9-10,17-18,20-23,26H,8,11-16,33H2,1-4H3,(H,37,48)(H,38,42)(H,39,45)(H,40,46)(H,41,47)(H,43,44)(H,49,50)(H4,34,35,36)/t20-,21-,22-,23-,26-/m0/s1. The molecule has 1 aromatic carbocycles. The van der Waals surface area contributed by atoms with Crippen LogP contribution in [0.15, 0.2) is 30.3 Å². The molecule has 0 unspecified atom stereocenters. The highest BCUT2D eigenvalue weighted by Gasteiger charge is 2.32. The topological polar surface area (TPSA) is 308 Å². The monoisotopic (exact) mass is 705 g/mol. The number of carboxylic acid groups (broad SMARTS) is 2. The Morgan fingerprint density at radius 1 is 0.780 bits per heavy atom. The van der Waals surface area contributed by atoms with Gasteiger partial charge in [0.2, 0.25) is 29.5 Å². The van der Waals surface area contributed by atoms with Gasteiger partial charge in [0.1, 0.15) is 24.2 Å². The number of rotatable bonds is 22. The predicted molar refractivity (Wildman–Crippen MR) is 182 cm³/mol. The van der Waals surface area contributed by atoms with Crippen molar-refractivity contribution in [2.45, 2.75) is 90.0 Å². The van der Waals surface area contributed by atoms with Gasteiger partial charge < -0.3 is 53.6 Å². The van der Waals surface area contributed by atoms with Crippen LogP contribution in [0.3, 0.4) is 0 Å². The predicted octanol–water partition coefficient (Wildman–Crippen LogP) is -1.86. The van der Waals surface area contributed by atoms with E-state index in [0.717, 1.165) is 0 Å². The van der Waals surface area contributed by atoms with Crippen LogP contribution in [0.1, 0.15) is 58.9 Å². The van der Waals surface area contributed by atoms with Crippen molar-refractivity contribution in [2.75, 3.05) is 13.1 Å². The molecular formula is C32H51N9O9. The summed E-state index contributed by atoms with van der Waals surface area (Å²) in [4.78, 5) is 87.8. The van der Waals surface area contributed by atoms with E-state index in [-0.39, 0.29) is 31.1 Å². The van der Waals surface area contributed by atoms with E-state index in [2.05, 4.69) is 31.9 Å². The fraction of sp³-hybridized carbons (Fsp3) is 0.562. The number of hydrogen-bond acceptors (Lipinski definition) is 9. The van der Waals surface area contributed by atoms with Gasteiger partial charge in [0.05, 0.1) is 19.0 Å². The Kier molecular flexibility index (Phi) is 18.5. The molecule has 0 aliphatic heterocycles. The molecule has 5 amide bonds. The summed E-state index contributed by atoms with van der Waals surface area (Å²) in [6.07, 6.45) is -0.00938. The average molecular weight is 706 g/mol. The minimum atomic E-state index is -1.75. The number of hydrogen-bond donors (Lipinski definition) is 11. The van der Waals surface area contributed by atoms with E-state index in [1.807, 2.05) is 13.8 Å². The molecule has 1 rings (SSSR count). The van der Waals surface area contributed by atoms with E-state index < -0.39 is 90.6 Å². The molecule has 0 fully saturated rings. The minimum absolute atomic E-state index is 0.0204. The number of nitrogens with one attached hydrogen (secondary N) is 7. The molecule has 0 spiro atoms. The van der Waals surface area contributed by atoms with Crippen LogP contribution in [0.5, 0.6) is 0 Å². The van der Waals surface area contributed by atoms with Crippen molar-refractivity contribution < 1.29 is 43.8 Å². The molecule has 5 atom stereocenters. The number of guanidine groups is 1. The Morgan fingerprint density at radius 3 is 1.92 bits per heavy atom. The summed E-state index contributed by atoms with van der Waals surface area (Å²) in [5.41, 5.74) is 11.9. The highest BCUT2D eigenvalue weighted by Crippen LogP contribution is 2.09. The molecular weight excluding hydrogens is 654 g/mol. The molecule has 0 radical (unpaired) electrons. The van der Waals surface area contributed by atoms with Crippen LogP contribution in [0.2, 0.25) is 0 Å². The first-order valence-corrected chi connectivity index (χ1v) is 16.2. The van der Waals surface area contributed by atoms with Gasteiger partial charge >= 0.3 is 11.9 Å². The van der Waals surface area contributed by atoms with Crippen molar-refractivity contribution in [3.8, 4) is 0 Å². The van der Waals surface area contributed by atoms with E-state index in [9.17, 15) is 38.7 Å². The van der Waals surface area contributed by atoms with Crippen LogP contribution in [0.25, 0.3) is 0 Å². The van der Waals surface area contributed by atoms with E-state index >= 15 is 0 Å². The summed E-state index contributed by atoms with van der Waals surface area (Å²) < 4.78 is 0. The Labute approximate surface area is 290 Å². The van der Waals surface area contributed by atoms with Crippen molar-refractivity contribution in [3.05, 3.63) is 35.9 Å². The number of amides is 5. The third-order valence-electron chi connectivity index (χ3n) is 7.28. The fourth-order valence-electron chi connectivity index (χ4n) is 4.68. The molecule has 0 aromatic heterocycles. The molecule has 0 bridgehead atoms. The quantitative estimate of drug-likeness (QED) is 0.0359. The molecule has 0 saturated carbocycles. The van der Waals surface area contributed by atoms with Crippen molar-refractivity contribution in [1.29, 1.82) is 5.41 Å². The number of nitrogens with two attached hydrogens (primary N) is 2. The summed E-state index contributed by atoms with van der Waals surface area (Å²) >= 11 is 0. The zero-order valence-electron chi connectivity index (χ0n) is 28.8. The van der Waals surface area contributed by atoms with Gasteiger partial charge in [-0.25, -0.2) is 4.79 Å². The van der Waals surface area contributed by atoms with Crippen molar-refractivity contribution in [1.82, 2.24) is 31.9 Å². The smallest absolute Gasteiger partial charge is 0.326 e. The van der Waals surface area contributed by atoms with Gasteiger partial charge in [-0.2, -0.15) is 0 Å². The average Bonchev–Trinajstić information content (AvgIpc) is 3.02. The third-order valence-corrected chi connectivity index (χ3v) is 7.28. The SMILES string of the molecule is CC(C)C[C@H](NC(=O)[C@@H](N)CCCNC(=N)N)C(=O)N[C@H](C(=O)NCC(=O)N[C@@H](Cc1ccccc1)C(=O)N[C@@H](CC(=O)O)C(=O)O)C(C)C. The van der Waals surface area contributed by atoms with E-state index in [4.69, 9.17) is 22.0 Å². The lowest BCUT2D eigenvalue weighted by Gasteiger charge is -2.27. The lowest BCUT2D eigenvalue weighted by Crippen LogP contribution is -2.58. The zero-order chi connectivity index (χ0) is 38.0. The van der Waals surface area contributed by atoms with Crippen LogP contribution in [-0.2, 0) is 40.0 Å². The Morgan fingerprint density at radius 2 is 1.38 bits per heavy atom. The first-order chi connectivity index (χ1) is 23.4. The van der Waals surface area contributed by atoms with Crippen molar-refractivity contribution >= 4 is 47.4 Å².